The molecular formula is C24H20F3N7O. The molecule has 2 aromatic heterocycles. The van der Waals surface area contributed by atoms with Gasteiger partial charge in [0, 0.05) is 35.2 Å². The summed E-state index contributed by atoms with van der Waals surface area (Å²) in [5, 5.41) is 12.7. The van der Waals surface area contributed by atoms with E-state index < -0.39 is 17.6 Å². The summed E-state index contributed by atoms with van der Waals surface area (Å²) in [7, 11) is 0. The fourth-order valence-corrected chi connectivity index (χ4v) is 3.61. The van der Waals surface area contributed by atoms with Crippen molar-refractivity contribution < 1.29 is 18.0 Å². The number of alkyl halides is 3. The highest BCUT2D eigenvalue weighted by Gasteiger charge is 2.32. The van der Waals surface area contributed by atoms with E-state index >= 15 is 0 Å². The third-order valence-electron chi connectivity index (χ3n) is 5.37. The van der Waals surface area contributed by atoms with Crippen molar-refractivity contribution in [3.8, 4) is 0 Å². The Kier molecular flexibility index (Phi) is 5.81. The minimum absolute atomic E-state index is 0.0896. The van der Waals surface area contributed by atoms with Crippen LogP contribution in [0.25, 0.3) is 0 Å². The number of aromatic amines is 1. The Bertz CT molecular complexity index is 1340. The van der Waals surface area contributed by atoms with Crippen molar-refractivity contribution in [2.75, 3.05) is 15.5 Å². The van der Waals surface area contributed by atoms with Gasteiger partial charge in [0.15, 0.2) is 0 Å². The highest BCUT2D eigenvalue weighted by atomic mass is 19.4. The molecule has 1 amide bonds. The first-order chi connectivity index (χ1) is 16.9. The van der Waals surface area contributed by atoms with Gasteiger partial charge in [-0.05, 0) is 55.3 Å². The molecule has 3 N–H and O–H groups in total. The molecule has 0 aliphatic heterocycles. The van der Waals surface area contributed by atoms with Gasteiger partial charge in [-0.25, -0.2) is 4.98 Å². The number of anilines is 5. The maximum absolute atomic E-state index is 13.0. The van der Waals surface area contributed by atoms with Crippen molar-refractivity contribution in [3.05, 3.63) is 84.2 Å². The number of rotatable bonds is 7. The van der Waals surface area contributed by atoms with Crippen LogP contribution in [0.5, 0.6) is 0 Å². The largest absolute Gasteiger partial charge is 0.416 e. The predicted molar refractivity (Wildman–Crippen MR) is 125 cm³/mol. The van der Waals surface area contributed by atoms with Crippen molar-refractivity contribution in [2.24, 2.45) is 0 Å². The van der Waals surface area contributed by atoms with Gasteiger partial charge in [0.1, 0.15) is 11.6 Å². The van der Waals surface area contributed by atoms with E-state index in [-0.39, 0.29) is 5.56 Å². The van der Waals surface area contributed by atoms with Crippen LogP contribution in [0.15, 0.2) is 73.1 Å². The highest BCUT2D eigenvalue weighted by Crippen LogP contribution is 2.36. The number of nitrogens with zero attached hydrogens (tertiary/aromatic N) is 4. The molecule has 4 aromatic rings. The second kappa shape index (κ2) is 9.09. The molecule has 1 aliphatic rings. The van der Waals surface area contributed by atoms with Gasteiger partial charge in [-0.3, -0.25) is 9.89 Å². The van der Waals surface area contributed by atoms with Gasteiger partial charge < -0.3 is 15.5 Å². The zero-order valence-corrected chi connectivity index (χ0v) is 18.3. The molecule has 8 nitrogen and oxygen atoms in total. The molecule has 1 fully saturated rings. The smallest absolute Gasteiger partial charge is 0.324 e. The van der Waals surface area contributed by atoms with Crippen molar-refractivity contribution in [3.63, 3.8) is 0 Å². The van der Waals surface area contributed by atoms with Crippen LogP contribution in [-0.2, 0) is 6.18 Å². The molecule has 1 aliphatic carbocycles. The van der Waals surface area contributed by atoms with Crippen LogP contribution in [0.3, 0.4) is 0 Å². The van der Waals surface area contributed by atoms with Gasteiger partial charge in [-0.15, -0.1) is 0 Å². The average Bonchev–Trinajstić information content (AvgIpc) is 3.52. The quantitative estimate of drug-likeness (QED) is 0.323. The van der Waals surface area contributed by atoms with Crippen LogP contribution >= 0.6 is 0 Å². The predicted octanol–water partition coefficient (Wildman–Crippen LogP) is 5.51. The van der Waals surface area contributed by atoms with E-state index in [1.807, 2.05) is 12.1 Å². The van der Waals surface area contributed by atoms with E-state index in [0.717, 1.165) is 30.8 Å². The van der Waals surface area contributed by atoms with E-state index in [1.54, 1.807) is 36.7 Å². The minimum atomic E-state index is -4.53. The Morgan fingerprint density at radius 1 is 1.00 bits per heavy atom. The molecule has 0 spiro atoms. The number of halogens is 3. The number of aromatic nitrogens is 4. The average molecular weight is 479 g/mol. The Morgan fingerprint density at radius 3 is 2.54 bits per heavy atom. The van der Waals surface area contributed by atoms with Crippen molar-refractivity contribution in [1.82, 2.24) is 20.2 Å². The Balaban J connectivity index is 1.31. The molecule has 2 heterocycles. The highest BCUT2D eigenvalue weighted by molar-refractivity contribution is 6.04. The third-order valence-corrected chi connectivity index (χ3v) is 5.37. The summed E-state index contributed by atoms with van der Waals surface area (Å²) in [5.74, 6) is 1.26. The van der Waals surface area contributed by atoms with Gasteiger partial charge >= 0.3 is 6.18 Å². The van der Waals surface area contributed by atoms with E-state index in [9.17, 15) is 18.0 Å². The van der Waals surface area contributed by atoms with Crippen molar-refractivity contribution in [2.45, 2.75) is 25.1 Å². The number of hydrogen-bond acceptors (Lipinski definition) is 6. The maximum Gasteiger partial charge on any atom is 0.416 e. The van der Waals surface area contributed by atoms with Gasteiger partial charge in [0.25, 0.3) is 5.91 Å². The molecule has 0 bridgehead atoms. The molecule has 0 radical (unpaired) electrons. The number of carbonyl (C=O) groups is 1. The zero-order chi connectivity index (χ0) is 24.4. The SMILES string of the molecule is O=C(Nc1cccc(Nc2nccc(N(c3ccn[nH]3)C3CC3)n2)c1)c1cccc(C(F)(F)F)c1. The molecule has 178 valence electrons. The Hall–Kier alpha value is -4.41. The number of H-pyrrole nitrogens is 1. The molecule has 35 heavy (non-hydrogen) atoms. The van der Waals surface area contributed by atoms with E-state index in [0.29, 0.717) is 29.2 Å². The standard InChI is InChI=1S/C24H20F3N7O/c25-24(26,27)16-4-1-3-15(13-16)22(35)30-17-5-2-6-18(14-17)31-23-28-11-9-20(32-23)34(19-7-8-19)21-10-12-29-33-21/h1-6,9-14,19H,7-8H2,(H,29,33)(H,30,35)(H,28,31,32). The van der Waals surface area contributed by atoms with Crippen LogP contribution in [-0.4, -0.2) is 32.1 Å². The minimum Gasteiger partial charge on any atom is -0.324 e. The lowest BCUT2D eigenvalue weighted by molar-refractivity contribution is -0.137. The summed E-state index contributed by atoms with van der Waals surface area (Å²) in [5.41, 5.74) is 0.0373. The van der Waals surface area contributed by atoms with Crippen LogP contribution in [0.2, 0.25) is 0 Å². The zero-order valence-electron chi connectivity index (χ0n) is 18.3. The number of hydrogen-bond donors (Lipinski definition) is 3. The van der Waals surface area contributed by atoms with Crippen molar-refractivity contribution >= 4 is 34.9 Å². The van der Waals surface area contributed by atoms with E-state index in [4.69, 9.17) is 0 Å². The molecule has 11 heteroatoms. The first kappa shape index (κ1) is 22.4. The number of carbonyl (C=O) groups excluding carboxylic acids is 1. The summed E-state index contributed by atoms with van der Waals surface area (Å²) in [4.78, 5) is 23.5. The van der Waals surface area contributed by atoms with Gasteiger partial charge in [0.2, 0.25) is 5.95 Å². The maximum atomic E-state index is 13.0. The lowest BCUT2D eigenvalue weighted by Gasteiger charge is -2.21. The number of amides is 1. The molecule has 1 saturated carbocycles. The van der Waals surface area contributed by atoms with Gasteiger partial charge in [-0.1, -0.05) is 12.1 Å². The fourth-order valence-electron chi connectivity index (χ4n) is 3.61. The Morgan fingerprint density at radius 2 is 1.80 bits per heavy atom. The summed E-state index contributed by atoms with van der Waals surface area (Å²) < 4.78 is 38.9. The lowest BCUT2D eigenvalue weighted by atomic mass is 10.1. The molecular weight excluding hydrogens is 459 g/mol. The normalized spacial score (nSPS) is 13.3. The second-order valence-electron chi connectivity index (χ2n) is 8.02. The fraction of sp³-hybridized carbons (Fsp3) is 0.167. The van der Waals surface area contributed by atoms with Gasteiger partial charge in [-0.2, -0.15) is 23.3 Å². The number of benzene rings is 2. The summed E-state index contributed by atoms with van der Waals surface area (Å²) in [6.45, 7) is 0. The van der Waals surface area contributed by atoms with Gasteiger partial charge in [0.05, 0.1) is 11.8 Å². The monoisotopic (exact) mass is 479 g/mol. The molecule has 5 rings (SSSR count). The molecule has 0 saturated heterocycles. The lowest BCUT2D eigenvalue weighted by Crippen LogP contribution is -2.21. The third kappa shape index (κ3) is 5.24. The summed E-state index contributed by atoms with van der Waals surface area (Å²) in [6, 6.07) is 15.1. The van der Waals surface area contributed by atoms with E-state index in [2.05, 4.69) is 35.7 Å². The number of nitrogens with one attached hydrogen (secondary N) is 3. The molecule has 0 atom stereocenters. The topological polar surface area (TPSA) is 98.8 Å². The van der Waals surface area contributed by atoms with Crippen LogP contribution < -0.4 is 15.5 Å². The van der Waals surface area contributed by atoms with Crippen LogP contribution in [0.1, 0.15) is 28.8 Å². The van der Waals surface area contributed by atoms with E-state index in [1.165, 1.54) is 12.1 Å². The second-order valence-corrected chi connectivity index (χ2v) is 8.02. The van der Waals surface area contributed by atoms with Crippen LogP contribution in [0, 0.1) is 0 Å². The first-order valence-corrected chi connectivity index (χ1v) is 10.8. The molecule has 0 unspecified atom stereocenters. The molecule has 2 aromatic carbocycles. The summed E-state index contributed by atoms with van der Waals surface area (Å²) in [6.07, 6.45) is 0.917. The van der Waals surface area contributed by atoms with Crippen molar-refractivity contribution in [1.29, 1.82) is 0 Å². The Labute approximate surface area is 198 Å². The van der Waals surface area contributed by atoms with Crippen LogP contribution in [0.4, 0.5) is 42.1 Å². The first-order valence-electron chi connectivity index (χ1n) is 10.8. The summed E-state index contributed by atoms with van der Waals surface area (Å²) >= 11 is 0.